The first-order valence-corrected chi connectivity index (χ1v) is 7.55. The van der Waals surface area contributed by atoms with Crippen molar-refractivity contribution in [3.8, 4) is 0 Å². The van der Waals surface area contributed by atoms with Crippen molar-refractivity contribution < 1.29 is 14.1 Å². The normalized spacial score (nSPS) is 23.1. The van der Waals surface area contributed by atoms with Crippen LogP contribution in [0, 0.1) is 6.92 Å². The maximum absolute atomic E-state index is 12.5. The van der Waals surface area contributed by atoms with Crippen LogP contribution < -0.4 is 0 Å². The van der Waals surface area contributed by atoms with E-state index in [0.717, 1.165) is 0 Å². The number of rotatable bonds is 2. The second-order valence-corrected chi connectivity index (χ2v) is 6.06. The summed E-state index contributed by atoms with van der Waals surface area (Å²) in [7, 11) is 1.80. The highest BCUT2D eigenvalue weighted by atomic mass is 16.5. The Morgan fingerprint density at radius 1 is 1.39 bits per heavy atom. The highest BCUT2D eigenvalue weighted by Gasteiger charge is 2.44. The van der Waals surface area contributed by atoms with E-state index < -0.39 is 0 Å². The molecule has 1 saturated heterocycles. The van der Waals surface area contributed by atoms with Crippen molar-refractivity contribution in [1.29, 1.82) is 0 Å². The first-order chi connectivity index (χ1) is 11.0. The number of amides is 2. The molecule has 2 aromatic rings. The van der Waals surface area contributed by atoms with Crippen molar-refractivity contribution in [3.05, 3.63) is 35.7 Å². The quantitative estimate of drug-likeness (QED) is 0.793. The molecule has 120 valence electrons. The lowest BCUT2D eigenvalue weighted by Crippen LogP contribution is -2.48. The minimum Gasteiger partial charge on any atom is -0.339 e. The number of aromatic nitrogens is 3. The van der Waals surface area contributed by atoms with Crippen LogP contribution in [0.2, 0.25) is 0 Å². The van der Waals surface area contributed by atoms with Crippen LogP contribution in [-0.4, -0.2) is 62.5 Å². The highest BCUT2D eigenvalue weighted by Crippen LogP contribution is 2.32. The molecule has 0 saturated carbocycles. The van der Waals surface area contributed by atoms with Gasteiger partial charge in [-0.3, -0.25) is 9.59 Å². The molecule has 8 nitrogen and oxygen atoms in total. The van der Waals surface area contributed by atoms with Crippen molar-refractivity contribution in [1.82, 2.24) is 24.5 Å². The topological polar surface area (TPSA) is 84.5 Å². The molecule has 0 spiro atoms. The number of hydrogen-bond donors (Lipinski definition) is 0. The molecule has 4 heterocycles. The summed E-state index contributed by atoms with van der Waals surface area (Å²) in [5.74, 6) is 0.786. The third-order valence-electron chi connectivity index (χ3n) is 4.66. The van der Waals surface area contributed by atoms with Gasteiger partial charge in [-0.05, 0) is 19.1 Å². The van der Waals surface area contributed by atoms with Crippen LogP contribution in [0.3, 0.4) is 0 Å². The van der Waals surface area contributed by atoms with E-state index in [9.17, 15) is 9.59 Å². The molecule has 2 atom stereocenters. The van der Waals surface area contributed by atoms with Crippen molar-refractivity contribution in [2.24, 2.45) is 0 Å². The molecule has 1 fully saturated rings. The van der Waals surface area contributed by atoms with Gasteiger partial charge in [0.2, 0.25) is 11.8 Å². The molecule has 8 heteroatoms. The monoisotopic (exact) mass is 315 g/mol. The Morgan fingerprint density at radius 3 is 2.91 bits per heavy atom. The second-order valence-electron chi connectivity index (χ2n) is 6.06. The summed E-state index contributed by atoms with van der Waals surface area (Å²) in [5, 5.41) is 3.70. The Labute approximate surface area is 132 Å². The van der Waals surface area contributed by atoms with E-state index in [1.54, 1.807) is 23.8 Å². The first-order valence-electron chi connectivity index (χ1n) is 7.55. The van der Waals surface area contributed by atoms with Crippen molar-refractivity contribution >= 4 is 11.8 Å². The third-order valence-corrected chi connectivity index (χ3v) is 4.66. The van der Waals surface area contributed by atoms with E-state index in [1.807, 2.05) is 22.9 Å². The van der Waals surface area contributed by atoms with E-state index in [1.165, 1.54) is 0 Å². The second kappa shape index (κ2) is 4.94. The van der Waals surface area contributed by atoms with Gasteiger partial charge in [0.05, 0.1) is 12.1 Å². The molecule has 23 heavy (non-hydrogen) atoms. The van der Waals surface area contributed by atoms with Gasteiger partial charge in [-0.15, -0.1) is 0 Å². The van der Waals surface area contributed by atoms with Crippen molar-refractivity contribution in [2.45, 2.75) is 25.4 Å². The summed E-state index contributed by atoms with van der Waals surface area (Å²) in [6.45, 7) is 2.82. The molecule has 2 aliphatic rings. The van der Waals surface area contributed by atoms with E-state index >= 15 is 0 Å². The summed E-state index contributed by atoms with van der Waals surface area (Å²) in [4.78, 5) is 32.4. The Kier molecular flexibility index (Phi) is 3.00. The third kappa shape index (κ3) is 2.13. The van der Waals surface area contributed by atoms with Crippen LogP contribution in [0.1, 0.15) is 28.2 Å². The molecule has 0 unspecified atom stereocenters. The number of carbonyl (C=O) groups is 2. The van der Waals surface area contributed by atoms with Crippen molar-refractivity contribution in [3.63, 3.8) is 0 Å². The number of fused-ring (bicyclic) bond motifs is 3. The number of carbonyl (C=O) groups excluding carboxylic acids is 2. The molecule has 0 aliphatic carbocycles. The van der Waals surface area contributed by atoms with E-state index in [-0.39, 0.29) is 30.3 Å². The molecular weight excluding hydrogens is 298 g/mol. The smallest absolute Gasteiger partial charge is 0.270 e. The van der Waals surface area contributed by atoms with Gasteiger partial charge < -0.3 is 18.9 Å². The van der Waals surface area contributed by atoms with Crippen molar-refractivity contribution in [2.75, 3.05) is 20.1 Å². The summed E-state index contributed by atoms with van der Waals surface area (Å²) in [6, 6.07) is 3.78. The lowest BCUT2D eigenvalue weighted by Gasteiger charge is -2.35. The fourth-order valence-corrected chi connectivity index (χ4v) is 3.48. The van der Waals surface area contributed by atoms with Gasteiger partial charge in [0, 0.05) is 26.3 Å². The zero-order chi connectivity index (χ0) is 16.1. The number of nitrogens with zero attached hydrogens (tertiary/aromatic N) is 5. The van der Waals surface area contributed by atoms with Gasteiger partial charge >= 0.3 is 0 Å². The standard InChI is InChI=1S/C15H17N5O3/c1-9-16-13(23-17-9)6-14(21)19-7-11-12(8-19)20-5-3-4-10(20)15(22)18(11)2/h3-5,11-12H,6-8H2,1-2H3/t11-,12+/m1/s1. The zero-order valence-electron chi connectivity index (χ0n) is 13.0. The fraction of sp³-hybridized carbons (Fsp3) is 0.467. The lowest BCUT2D eigenvalue weighted by molar-refractivity contribution is -0.130. The molecule has 4 rings (SSSR count). The predicted octanol–water partition coefficient (Wildman–Crippen LogP) is 0.260. The summed E-state index contributed by atoms with van der Waals surface area (Å²) in [6.07, 6.45) is 2.00. The summed E-state index contributed by atoms with van der Waals surface area (Å²) < 4.78 is 7.00. The van der Waals surface area contributed by atoms with Crippen LogP contribution in [-0.2, 0) is 11.2 Å². The van der Waals surface area contributed by atoms with Crippen LogP contribution in [0.5, 0.6) is 0 Å². The maximum atomic E-state index is 12.5. The van der Waals surface area contributed by atoms with Crippen LogP contribution in [0.4, 0.5) is 0 Å². The van der Waals surface area contributed by atoms with Crippen LogP contribution >= 0.6 is 0 Å². The lowest BCUT2D eigenvalue weighted by atomic mass is 10.1. The molecule has 0 aromatic carbocycles. The molecule has 2 amide bonds. The highest BCUT2D eigenvalue weighted by molar-refractivity contribution is 5.94. The molecule has 2 aromatic heterocycles. The van der Waals surface area contributed by atoms with Crippen LogP contribution in [0.15, 0.2) is 22.9 Å². The average Bonchev–Trinajstić information content (AvgIpc) is 3.22. The van der Waals surface area contributed by atoms with Gasteiger partial charge in [-0.1, -0.05) is 5.16 Å². The minimum absolute atomic E-state index is 0.00178. The van der Waals surface area contributed by atoms with Gasteiger partial charge in [-0.25, -0.2) is 0 Å². The van der Waals surface area contributed by atoms with Gasteiger partial charge in [0.1, 0.15) is 12.1 Å². The van der Waals surface area contributed by atoms with Gasteiger partial charge in [-0.2, -0.15) is 4.98 Å². The minimum atomic E-state index is -0.0578. The Morgan fingerprint density at radius 2 is 2.17 bits per heavy atom. The van der Waals surface area contributed by atoms with E-state index in [0.29, 0.717) is 30.5 Å². The number of aryl methyl sites for hydroxylation is 1. The Balaban J connectivity index is 1.55. The van der Waals surface area contributed by atoms with E-state index in [2.05, 4.69) is 10.1 Å². The maximum Gasteiger partial charge on any atom is 0.270 e. The fourth-order valence-electron chi connectivity index (χ4n) is 3.48. The zero-order valence-corrected chi connectivity index (χ0v) is 13.0. The van der Waals surface area contributed by atoms with Crippen LogP contribution in [0.25, 0.3) is 0 Å². The Hall–Kier alpha value is -2.64. The first kappa shape index (κ1) is 14.0. The number of likely N-dealkylation sites (N-methyl/N-ethyl adjacent to an activating group) is 1. The molecule has 0 N–H and O–H groups in total. The van der Waals surface area contributed by atoms with Gasteiger partial charge in [0.25, 0.3) is 5.91 Å². The molecule has 0 bridgehead atoms. The molecular formula is C15H17N5O3. The van der Waals surface area contributed by atoms with E-state index in [4.69, 9.17) is 4.52 Å². The Bertz CT molecular complexity index is 780. The summed E-state index contributed by atoms with van der Waals surface area (Å²) >= 11 is 0. The predicted molar refractivity (Wildman–Crippen MR) is 78.7 cm³/mol. The molecule has 2 aliphatic heterocycles. The number of hydrogen-bond acceptors (Lipinski definition) is 5. The number of likely N-dealkylation sites (tertiary alicyclic amines) is 1. The largest absolute Gasteiger partial charge is 0.339 e. The summed E-state index contributed by atoms with van der Waals surface area (Å²) in [5.41, 5.74) is 0.676. The SMILES string of the molecule is Cc1noc(CC(=O)N2C[C@@H]3[C@H](C2)n2cccc2C(=O)N3C)n1. The van der Waals surface area contributed by atoms with Gasteiger partial charge in [0.15, 0.2) is 5.82 Å². The molecule has 0 radical (unpaired) electrons. The average molecular weight is 315 g/mol.